The van der Waals surface area contributed by atoms with Gasteiger partial charge in [-0.15, -0.1) is 0 Å². The average molecular weight is 809 g/mol. The number of carbonyl (C=O) groups is 1. The number of carbonyl (C=O) groups excluding carboxylic acids is 1. The first kappa shape index (κ1) is 54.2. The number of quaternary nitrogens is 1. The normalized spacial score (nSPS) is 14.3. The van der Waals surface area contributed by atoms with Crippen LogP contribution in [-0.2, 0) is 27.9 Å². The van der Waals surface area contributed by atoms with E-state index in [1.54, 1.807) is 0 Å². The number of allylic oxidation sites excluding steroid dienone is 10. The maximum atomic E-state index is 12.7. The van der Waals surface area contributed by atoms with Gasteiger partial charge in [0.1, 0.15) is 19.3 Å². The van der Waals surface area contributed by atoms with Crippen molar-refractivity contribution >= 4 is 13.8 Å². The van der Waals surface area contributed by atoms with Gasteiger partial charge in [0.25, 0.3) is 0 Å². The lowest BCUT2D eigenvalue weighted by molar-refractivity contribution is -0.870. The molecule has 8 nitrogen and oxygen atoms in total. The van der Waals surface area contributed by atoms with Crippen molar-refractivity contribution in [1.82, 2.24) is 0 Å². The third-order valence-electron chi connectivity index (χ3n) is 9.31. The van der Waals surface area contributed by atoms with E-state index in [1.807, 2.05) is 21.1 Å². The Balaban J connectivity index is 4.29. The number of hydrogen-bond acceptors (Lipinski definition) is 6. The molecule has 0 aliphatic heterocycles. The van der Waals surface area contributed by atoms with Gasteiger partial charge in [-0.25, -0.2) is 4.57 Å². The van der Waals surface area contributed by atoms with Gasteiger partial charge in [-0.2, -0.15) is 0 Å². The van der Waals surface area contributed by atoms with Crippen molar-refractivity contribution in [1.29, 1.82) is 0 Å². The van der Waals surface area contributed by atoms with Gasteiger partial charge in [-0.05, 0) is 77.0 Å². The van der Waals surface area contributed by atoms with Crippen LogP contribution >= 0.6 is 7.82 Å². The molecule has 326 valence electrons. The smallest absolute Gasteiger partial charge is 0.457 e. The molecule has 0 aromatic rings. The van der Waals surface area contributed by atoms with E-state index in [0.29, 0.717) is 24.1 Å². The molecule has 0 aliphatic carbocycles. The Hall–Kier alpha value is -1.80. The van der Waals surface area contributed by atoms with E-state index in [1.165, 1.54) is 83.5 Å². The topological polar surface area (TPSA) is 91.3 Å². The summed E-state index contributed by atoms with van der Waals surface area (Å²) in [5.74, 6) is -0.331. The summed E-state index contributed by atoms with van der Waals surface area (Å²) in [5, 5.41) is 0. The highest BCUT2D eigenvalue weighted by atomic mass is 31.2. The summed E-state index contributed by atoms with van der Waals surface area (Å²) in [7, 11) is 1.64. The van der Waals surface area contributed by atoms with Gasteiger partial charge in [0.2, 0.25) is 0 Å². The van der Waals surface area contributed by atoms with Crippen LogP contribution in [0.3, 0.4) is 0 Å². The van der Waals surface area contributed by atoms with E-state index >= 15 is 0 Å². The first-order valence-corrected chi connectivity index (χ1v) is 24.0. The number of ether oxygens (including phenoxy) is 2. The highest BCUT2D eigenvalue weighted by Gasteiger charge is 2.26. The molecule has 0 saturated carbocycles. The van der Waals surface area contributed by atoms with E-state index < -0.39 is 13.9 Å². The van der Waals surface area contributed by atoms with Crippen molar-refractivity contribution in [3.63, 3.8) is 0 Å². The first-order chi connectivity index (χ1) is 27.1. The number of phosphoric acid groups is 1. The molecule has 0 amide bonds. The molecule has 0 aromatic heterocycles. The van der Waals surface area contributed by atoms with Crippen LogP contribution in [0.1, 0.15) is 174 Å². The van der Waals surface area contributed by atoms with Crippen molar-refractivity contribution in [3.05, 3.63) is 60.8 Å². The van der Waals surface area contributed by atoms with Crippen molar-refractivity contribution in [2.45, 2.75) is 180 Å². The standard InChI is InChI=1S/C47H86NO7P/c1-6-8-10-12-14-16-18-20-22-24-25-26-28-30-32-34-36-38-40-47(49)55-46(45-54-56(50,51)53-43-41-48(3,4)5)44-52-42-39-37-35-33-31-29-27-23-21-19-17-15-13-11-9-7-2/h9,11,15,17,21-24,29,31,46H,6-8,10,12-14,16,18-20,25-28,30,32-45H2,1-5H3/p+1/b11-9-,17-15-,23-21-,24-22-,31-29-. The Kier molecular flexibility index (Phi) is 38.7. The number of unbranched alkanes of at least 4 members (excludes halogenated alkanes) is 17. The van der Waals surface area contributed by atoms with E-state index in [0.717, 1.165) is 70.6 Å². The summed E-state index contributed by atoms with van der Waals surface area (Å²) in [4.78, 5) is 22.9. The lowest BCUT2D eigenvalue weighted by Gasteiger charge is -2.24. The molecule has 0 radical (unpaired) electrons. The van der Waals surface area contributed by atoms with Crippen LogP contribution in [0.2, 0.25) is 0 Å². The van der Waals surface area contributed by atoms with E-state index in [-0.39, 0.29) is 25.8 Å². The van der Waals surface area contributed by atoms with Crippen LogP contribution in [0.25, 0.3) is 0 Å². The van der Waals surface area contributed by atoms with Crippen molar-refractivity contribution in [2.24, 2.45) is 0 Å². The van der Waals surface area contributed by atoms with Gasteiger partial charge < -0.3 is 18.9 Å². The van der Waals surface area contributed by atoms with Gasteiger partial charge in [0.05, 0.1) is 34.4 Å². The second-order valence-corrected chi connectivity index (χ2v) is 17.5. The fourth-order valence-electron chi connectivity index (χ4n) is 5.83. The summed E-state index contributed by atoms with van der Waals surface area (Å²) in [5.41, 5.74) is 0. The summed E-state index contributed by atoms with van der Waals surface area (Å²) < 4.78 is 35.0. The zero-order valence-corrected chi connectivity index (χ0v) is 37.7. The lowest BCUT2D eigenvalue weighted by Crippen LogP contribution is -2.37. The average Bonchev–Trinajstić information content (AvgIpc) is 3.15. The first-order valence-electron chi connectivity index (χ1n) is 22.5. The van der Waals surface area contributed by atoms with Gasteiger partial charge >= 0.3 is 13.8 Å². The molecule has 0 aromatic carbocycles. The second-order valence-electron chi connectivity index (χ2n) is 16.0. The summed E-state index contributed by atoms with van der Waals surface area (Å²) in [6, 6.07) is 0. The Morgan fingerprint density at radius 1 is 0.571 bits per heavy atom. The Labute approximate surface area is 345 Å². The molecular formula is C47H87NO7P+. The van der Waals surface area contributed by atoms with E-state index in [2.05, 4.69) is 74.6 Å². The summed E-state index contributed by atoms with van der Waals surface area (Å²) >= 11 is 0. The molecule has 0 bridgehead atoms. The minimum Gasteiger partial charge on any atom is -0.457 e. The molecule has 0 heterocycles. The van der Waals surface area contributed by atoms with Gasteiger partial charge in [-0.3, -0.25) is 13.8 Å². The number of esters is 1. The van der Waals surface area contributed by atoms with E-state index in [9.17, 15) is 14.3 Å². The quantitative estimate of drug-likeness (QED) is 0.0216. The van der Waals surface area contributed by atoms with Crippen LogP contribution < -0.4 is 0 Å². The molecule has 56 heavy (non-hydrogen) atoms. The fourth-order valence-corrected chi connectivity index (χ4v) is 6.57. The summed E-state index contributed by atoms with van der Waals surface area (Å²) in [6.07, 6.45) is 49.7. The molecule has 0 spiro atoms. The molecule has 0 aliphatic rings. The molecular weight excluding hydrogens is 721 g/mol. The molecule has 9 heteroatoms. The number of hydrogen-bond donors (Lipinski definition) is 1. The molecule has 1 N–H and O–H groups in total. The number of nitrogens with zero attached hydrogens (tertiary/aromatic N) is 1. The highest BCUT2D eigenvalue weighted by Crippen LogP contribution is 2.43. The largest absolute Gasteiger partial charge is 0.472 e. The van der Waals surface area contributed by atoms with Crippen molar-refractivity contribution in [3.8, 4) is 0 Å². The Morgan fingerprint density at radius 3 is 1.57 bits per heavy atom. The van der Waals surface area contributed by atoms with Crippen LogP contribution in [-0.4, -0.2) is 75.6 Å². The van der Waals surface area contributed by atoms with E-state index in [4.69, 9.17) is 18.5 Å². The predicted molar refractivity (Wildman–Crippen MR) is 238 cm³/mol. The Bertz CT molecular complexity index is 1080. The van der Waals surface area contributed by atoms with Crippen LogP contribution in [0.15, 0.2) is 60.8 Å². The lowest BCUT2D eigenvalue weighted by atomic mass is 10.1. The van der Waals surface area contributed by atoms with Crippen LogP contribution in [0, 0.1) is 0 Å². The molecule has 2 unspecified atom stereocenters. The molecule has 2 atom stereocenters. The van der Waals surface area contributed by atoms with Crippen molar-refractivity contribution < 1.29 is 37.3 Å². The third kappa shape index (κ3) is 43.3. The monoisotopic (exact) mass is 809 g/mol. The SMILES string of the molecule is CC/C=C\C/C=C\C/C=C\C/C=C\CCCCCOCC(COP(=O)(O)OCC[N+](C)(C)C)OC(=O)CCCCCCCCC/C=C\CCCCCCCCC. The fraction of sp³-hybridized carbons (Fsp3) is 0.766. The highest BCUT2D eigenvalue weighted by molar-refractivity contribution is 7.47. The zero-order valence-electron chi connectivity index (χ0n) is 36.9. The molecule has 0 rings (SSSR count). The van der Waals surface area contributed by atoms with Gasteiger partial charge in [0.15, 0.2) is 0 Å². The van der Waals surface area contributed by atoms with Gasteiger partial charge in [-0.1, -0.05) is 152 Å². The molecule has 0 saturated heterocycles. The Morgan fingerprint density at radius 2 is 1.04 bits per heavy atom. The number of likely N-dealkylation sites (N-methyl/N-ethyl adjacent to an activating group) is 1. The number of rotatable bonds is 41. The third-order valence-corrected chi connectivity index (χ3v) is 10.3. The molecule has 0 fully saturated rings. The van der Waals surface area contributed by atoms with Crippen LogP contribution in [0.4, 0.5) is 0 Å². The maximum absolute atomic E-state index is 12.7. The second kappa shape index (κ2) is 40.0. The minimum atomic E-state index is -4.29. The maximum Gasteiger partial charge on any atom is 0.472 e. The zero-order chi connectivity index (χ0) is 41.3. The van der Waals surface area contributed by atoms with Crippen molar-refractivity contribution in [2.75, 3.05) is 54.1 Å². The summed E-state index contributed by atoms with van der Waals surface area (Å²) in [6.45, 7) is 5.42. The van der Waals surface area contributed by atoms with Crippen LogP contribution in [0.5, 0.6) is 0 Å². The number of phosphoric ester groups is 1. The minimum absolute atomic E-state index is 0.0789. The predicted octanol–water partition coefficient (Wildman–Crippen LogP) is 13.3. The van der Waals surface area contributed by atoms with Gasteiger partial charge in [0, 0.05) is 13.0 Å².